The van der Waals surface area contributed by atoms with Crippen LogP contribution < -0.4 is 4.74 Å². The molecule has 0 bridgehead atoms. The molecule has 0 N–H and O–H groups in total. The smallest absolute Gasteiger partial charge is 0.318 e. The molecule has 1 heterocycles. The van der Waals surface area contributed by atoms with Crippen molar-refractivity contribution in [2.24, 2.45) is 0 Å². The Hall–Kier alpha value is -0.870. The predicted molar refractivity (Wildman–Crippen MR) is 49.2 cm³/mol. The highest BCUT2D eigenvalue weighted by atomic mass is 35.5. The van der Waals surface area contributed by atoms with Gasteiger partial charge in [-0.05, 0) is 13.0 Å². The minimum absolute atomic E-state index is 0.294. The van der Waals surface area contributed by atoms with Gasteiger partial charge in [0.1, 0.15) is 11.8 Å². The summed E-state index contributed by atoms with van der Waals surface area (Å²) < 4.78 is 9.99. The van der Waals surface area contributed by atoms with Gasteiger partial charge in [0, 0.05) is 12.8 Å². The van der Waals surface area contributed by atoms with Crippen molar-refractivity contribution in [1.29, 1.82) is 0 Å². The first-order valence-corrected chi connectivity index (χ1v) is 4.23. The standard InChI is InChI=1S/C8H11ClN2O2/c1-6-5-7(9)11-8(10-6)13-4-3-12-2/h5H,3-4H2,1-2H3. The zero-order valence-electron chi connectivity index (χ0n) is 7.58. The number of nitrogens with zero attached hydrogens (tertiary/aromatic N) is 2. The zero-order chi connectivity index (χ0) is 9.68. The van der Waals surface area contributed by atoms with Gasteiger partial charge in [-0.15, -0.1) is 0 Å². The highest BCUT2D eigenvalue weighted by Gasteiger charge is 2.00. The van der Waals surface area contributed by atoms with Crippen molar-refractivity contribution < 1.29 is 9.47 Å². The van der Waals surface area contributed by atoms with E-state index in [1.54, 1.807) is 13.2 Å². The molecule has 0 radical (unpaired) electrons. The second kappa shape index (κ2) is 4.99. The molecule has 0 aliphatic heterocycles. The third-order valence-corrected chi connectivity index (χ3v) is 1.51. The van der Waals surface area contributed by atoms with Gasteiger partial charge in [0.05, 0.1) is 6.61 Å². The summed E-state index contributed by atoms with van der Waals surface area (Å²) in [6, 6.07) is 1.96. The molecule has 1 aromatic heterocycles. The summed E-state index contributed by atoms with van der Waals surface area (Å²) in [5.74, 6) is 0. The zero-order valence-corrected chi connectivity index (χ0v) is 8.34. The summed E-state index contributed by atoms with van der Waals surface area (Å²) in [5.41, 5.74) is 0.785. The van der Waals surface area contributed by atoms with E-state index in [-0.39, 0.29) is 0 Å². The fourth-order valence-electron chi connectivity index (χ4n) is 0.785. The van der Waals surface area contributed by atoms with Gasteiger partial charge < -0.3 is 9.47 Å². The summed E-state index contributed by atoms with van der Waals surface area (Å²) in [4.78, 5) is 7.91. The molecule has 5 heteroatoms. The highest BCUT2D eigenvalue weighted by Crippen LogP contribution is 2.10. The molecular formula is C8H11ClN2O2. The van der Waals surface area contributed by atoms with Crippen molar-refractivity contribution in [2.75, 3.05) is 20.3 Å². The van der Waals surface area contributed by atoms with Crippen molar-refractivity contribution in [3.63, 3.8) is 0 Å². The van der Waals surface area contributed by atoms with Crippen LogP contribution in [0, 0.1) is 6.92 Å². The van der Waals surface area contributed by atoms with Crippen LogP contribution >= 0.6 is 11.6 Å². The molecule has 1 aromatic rings. The number of rotatable bonds is 4. The molecular weight excluding hydrogens is 192 g/mol. The fraction of sp³-hybridized carbons (Fsp3) is 0.500. The van der Waals surface area contributed by atoms with Gasteiger partial charge in [0.15, 0.2) is 0 Å². The highest BCUT2D eigenvalue weighted by molar-refractivity contribution is 6.29. The Morgan fingerprint density at radius 1 is 1.38 bits per heavy atom. The van der Waals surface area contributed by atoms with Crippen LogP contribution in [0.4, 0.5) is 0 Å². The Morgan fingerprint density at radius 2 is 2.15 bits per heavy atom. The SMILES string of the molecule is COCCOc1nc(C)cc(Cl)n1. The van der Waals surface area contributed by atoms with E-state index in [0.717, 1.165) is 5.69 Å². The largest absolute Gasteiger partial charge is 0.461 e. The lowest BCUT2D eigenvalue weighted by atomic mass is 10.5. The quantitative estimate of drug-likeness (QED) is 0.548. The Bertz CT molecular complexity index is 261. The lowest BCUT2D eigenvalue weighted by Gasteiger charge is -2.03. The number of hydrogen-bond acceptors (Lipinski definition) is 4. The summed E-state index contributed by atoms with van der Waals surface area (Å²) in [7, 11) is 1.60. The van der Waals surface area contributed by atoms with Gasteiger partial charge in [-0.3, -0.25) is 0 Å². The molecule has 13 heavy (non-hydrogen) atoms. The van der Waals surface area contributed by atoms with Gasteiger partial charge in [0.25, 0.3) is 0 Å². The average molecular weight is 203 g/mol. The molecule has 0 saturated carbocycles. The lowest BCUT2D eigenvalue weighted by molar-refractivity contribution is 0.140. The first-order chi connectivity index (χ1) is 6.22. The van der Waals surface area contributed by atoms with Crippen LogP contribution in [0.5, 0.6) is 6.01 Å². The van der Waals surface area contributed by atoms with E-state index in [4.69, 9.17) is 21.1 Å². The third kappa shape index (κ3) is 3.57. The predicted octanol–water partition coefficient (Wildman–Crippen LogP) is 1.46. The summed E-state index contributed by atoms with van der Waals surface area (Å²) >= 11 is 5.70. The molecule has 0 aliphatic rings. The Balaban J connectivity index is 2.56. The van der Waals surface area contributed by atoms with Crippen molar-refractivity contribution in [2.45, 2.75) is 6.92 Å². The second-order valence-corrected chi connectivity index (χ2v) is 2.84. The number of ether oxygens (including phenoxy) is 2. The first-order valence-electron chi connectivity index (χ1n) is 3.85. The summed E-state index contributed by atoms with van der Waals surface area (Å²) in [5, 5.41) is 0.389. The Labute approximate surface area is 81.9 Å². The molecule has 0 aliphatic carbocycles. The van der Waals surface area contributed by atoms with E-state index >= 15 is 0 Å². The van der Waals surface area contributed by atoms with Gasteiger partial charge in [-0.25, -0.2) is 4.98 Å². The number of aromatic nitrogens is 2. The topological polar surface area (TPSA) is 44.2 Å². The van der Waals surface area contributed by atoms with E-state index in [2.05, 4.69) is 9.97 Å². The van der Waals surface area contributed by atoms with E-state index < -0.39 is 0 Å². The molecule has 0 spiro atoms. The minimum atomic E-state index is 0.294. The number of halogens is 1. The lowest BCUT2D eigenvalue weighted by Crippen LogP contribution is -2.07. The molecule has 1 rings (SSSR count). The van der Waals surface area contributed by atoms with E-state index in [0.29, 0.717) is 24.4 Å². The van der Waals surface area contributed by atoms with E-state index in [1.165, 1.54) is 0 Å². The van der Waals surface area contributed by atoms with Crippen LogP contribution in [-0.2, 0) is 4.74 Å². The maximum absolute atomic E-state index is 5.70. The molecule has 0 amide bonds. The number of hydrogen-bond donors (Lipinski definition) is 0. The Kier molecular flexibility index (Phi) is 3.92. The molecule has 0 unspecified atom stereocenters. The third-order valence-electron chi connectivity index (χ3n) is 1.32. The van der Waals surface area contributed by atoms with Crippen LogP contribution in [0.1, 0.15) is 5.69 Å². The van der Waals surface area contributed by atoms with Crippen molar-refractivity contribution in [3.05, 3.63) is 16.9 Å². The average Bonchev–Trinajstić information content (AvgIpc) is 2.03. The molecule has 4 nitrogen and oxygen atoms in total. The molecule has 72 valence electrons. The van der Waals surface area contributed by atoms with Gasteiger partial charge in [-0.1, -0.05) is 11.6 Å². The van der Waals surface area contributed by atoms with Gasteiger partial charge in [-0.2, -0.15) is 4.98 Å². The van der Waals surface area contributed by atoms with E-state index in [1.807, 2.05) is 6.92 Å². The van der Waals surface area contributed by atoms with Crippen LogP contribution in [0.3, 0.4) is 0 Å². The minimum Gasteiger partial charge on any atom is -0.461 e. The maximum atomic E-state index is 5.70. The first kappa shape index (κ1) is 10.2. The molecule has 0 saturated heterocycles. The van der Waals surface area contributed by atoms with Crippen LogP contribution in [0.25, 0.3) is 0 Å². The molecule has 0 atom stereocenters. The van der Waals surface area contributed by atoms with Crippen molar-refractivity contribution in [1.82, 2.24) is 9.97 Å². The molecule has 0 fully saturated rings. The van der Waals surface area contributed by atoms with Gasteiger partial charge >= 0.3 is 6.01 Å². The van der Waals surface area contributed by atoms with Crippen LogP contribution in [0.15, 0.2) is 6.07 Å². The molecule has 0 aromatic carbocycles. The van der Waals surface area contributed by atoms with Crippen molar-refractivity contribution >= 4 is 11.6 Å². The van der Waals surface area contributed by atoms with Crippen molar-refractivity contribution in [3.8, 4) is 6.01 Å². The Morgan fingerprint density at radius 3 is 2.77 bits per heavy atom. The second-order valence-electron chi connectivity index (χ2n) is 2.46. The van der Waals surface area contributed by atoms with E-state index in [9.17, 15) is 0 Å². The van der Waals surface area contributed by atoms with Crippen LogP contribution in [-0.4, -0.2) is 30.3 Å². The summed E-state index contributed by atoms with van der Waals surface area (Å²) in [6.07, 6.45) is 0. The monoisotopic (exact) mass is 202 g/mol. The normalized spacial score (nSPS) is 10.1. The number of aryl methyl sites for hydroxylation is 1. The summed E-state index contributed by atoms with van der Waals surface area (Å²) in [6.45, 7) is 2.77. The van der Waals surface area contributed by atoms with Crippen LogP contribution in [0.2, 0.25) is 5.15 Å². The maximum Gasteiger partial charge on any atom is 0.318 e. The number of methoxy groups -OCH3 is 1. The fourth-order valence-corrected chi connectivity index (χ4v) is 1.02. The van der Waals surface area contributed by atoms with Gasteiger partial charge in [0.2, 0.25) is 0 Å².